The molecule has 1 heterocycles. The molecule has 1 aromatic carbocycles. The second-order valence-electron chi connectivity index (χ2n) is 4.09. The number of nitrogens with two attached hydrogens (primary N) is 1. The summed E-state index contributed by atoms with van der Waals surface area (Å²) in [6, 6.07) is 5.55. The van der Waals surface area contributed by atoms with Gasteiger partial charge in [0.25, 0.3) is 5.91 Å². The number of nitrogens with one attached hydrogen (secondary N) is 2. The number of hydrogen-bond acceptors (Lipinski definition) is 4. The fraction of sp³-hybridized carbons (Fsp3) is 0.0833. The van der Waals surface area contributed by atoms with Crippen LogP contribution < -0.4 is 15.2 Å². The van der Waals surface area contributed by atoms with Crippen LogP contribution in [0.2, 0.25) is 0 Å². The maximum atomic E-state index is 12.1. The van der Waals surface area contributed by atoms with Crippen LogP contribution in [0, 0.1) is 0 Å². The topological polar surface area (TPSA) is 114 Å². The van der Waals surface area contributed by atoms with Crippen molar-refractivity contribution < 1.29 is 17.9 Å². The smallest absolute Gasteiger partial charge is 0.272 e. The predicted molar refractivity (Wildman–Crippen MR) is 80.8 cm³/mol. The van der Waals surface area contributed by atoms with Crippen LogP contribution in [0.3, 0.4) is 0 Å². The van der Waals surface area contributed by atoms with Gasteiger partial charge in [0.05, 0.1) is 17.7 Å². The highest BCUT2D eigenvalue weighted by Crippen LogP contribution is 2.27. The first-order valence-electron chi connectivity index (χ1n) is 5.67. The van der Waals surface area contributed by atoms with Gasteiger partial charge in [0.1, 0.15) is 11.4 Å². The zero-order valence-corrected chi connectivity index (χ0v) is 13.3. The summed E-state index contributed by atoms with van der Waals surface area (Å²) in [6.07, 6.45) is 1.60. The Balaban J connectivity index is 2.36. The number of ether oxygens (including phenoxy) is 1. The number of benzene rings is 1. The third-order valence-electron chi connectivity index (χ3n) is 2.64. The number of rotatable bonds is 4. The van der Waals surface area contributed by atoms with E-state index in [2.05, 4.69) is 26.2 Å². The van der Waals surface area contributed by atoms with Gasteiger partial charge in [-0.1, -0.05) is 0 Å². The second kappa shape index (κ2) is 5.88. The number of amides is 1. The summed E-state index contributed by atoms with van der Waals surface area (Å²) in [6.45, 7) is 0. The van der Waals surface area contributed by atoms with E-state index in [1.807, 2.05) is 0 Å². The van der Waals surface area contributed by atoms with Crippen molar-refractivity contribution in [2.24, 2.45) is 5.14 Å². The summed E-state index contributed by atoms with van der Waals surface area (Å²) >= 11 is 3.22. The highest BCUT2D eigenvalue weighted by molar-refractivity contribution is 9.10. The van der Waals surface area contributed by atoms with E-state index in [0.29, 0.717) is 11.4 Å². The SMILES string of the molecule is COc1ccc(S(N)(=O)=O)cc1NC(=O)c1cc(Br)c[nH]1. The Labute approximate surface area is 129 Å². The number of anilines is 1. The number of halogens is 1. The maximum absolute atomic E-state index is 12.1. The molecule has 2 aromatic rings. The van der Waals surface area contributed by atoms with E-state index < -0.39 is 15.9 Å². The van der Waals surface area contributed by atoms with Crippen LogP contribution in [0.15, 0.2) is 39.8 Å². The summed E-state index contributed by atoms with van der Waals surface area (Å²) in [4.78, 5) is 14.7. The van der Waals surface area contributed by atoms with Crippen molar-refractivity contribution in [1.82, 2.24) is 4.98 Å². The molecule has 1 amide bonds. The molecule has 0 aliphatic rings. The number of primary sulfonamides is 1. The lowest BCUT2D eigenvalue weighted by atomic mass is 10.2. The van der Waals surface area contributed by atoms with Crippen molar-refractivity contribution in [3.63, 3.8) is 0 Å². The first kappa shape index (κ1) is 15.5. The maximum Gasteiger partial charge on any atom is 0.272 e. The highest BCUT2D eigenvalue weighted by Gasteiger charge is 2.15. The molecule has 0 fully saturated rings. The minimum absolute atomic E-state index is 0.119. The molecule has 0 aliphatic heterocycles. The average molecular weight is 374 g/mol. The highest BCUT2D eigenvalue weighted by atomic mass is 79.9. The molecule has 0 aliphatic carbocycles. The average Bonchev–Trinajstić information content (AvgIpc) is 2.84. The first-order chi connectivity index (χ1) is 9.81. The third-order valence-corrected chi connectivity index (χ3v) is 4.01. The number of carbonyl (C=O) groups excluding carboxylic acids is 1. The third kappa shape index (κ3) is 3.63. The normalized spacial score (nSPS) is 11.2. The molecule has 112 valence electrons. The Bertz CT molecular complexity index is 786. The van der Waals surface area contributed by atoms with Crippen molar-refractivity contribution in [2.75, 3.05) is 12.4 Å². The zero-order chi connectivity index (χ0) is 15.6. The standard InChI is InChI=1S/C12H12BrN3O4S/c1-20-11-3-2-8(21(14,18)19)5-9(11)16-12(17)10-4-7(13)6-15-10/h2-6,15H,1H3,(H,16,17)(H2,14,18,19). The Morgan fingerprint density at radius 2 is 2.10 bits per heavy atom. The Hall–Kier alpha value is -1.84. The molecule has 0 saturated carbocycles. The van der Waals surface area contributed by atoms with E-state index in [0.717, 1.165) is 4.47 Å². The van der Waals surface area contributed by atoms with E-state index in [1.165, 1.54) is 25.3 Å². The monoisotopic (exact) mass is 373 g/mol. The van der Waals surface area contributed by atoms with Crippen molar-refractivity contribution in [2.45, 2.75) is 4.90 Å². The fourth-order valence-corrected chi connectivity index (χ4v) is 2.53. The number of methoxy groups -OCH3 is 1. The van der Waals surface area contributed by atoms with Crippen LogP contribution in [-0.4, -0.2) is 26.4 Å². The van der Waals surface area contributed by atoms with E-state index in [1.54, 1.807) is 12.3 Å². The molecular formula is C12H12BrN3O4S. The Morgan fingerprint density at radius 3 is 2.62 bits per heavy atom. The van der Waals surface area contributed by atoms with Crippen molar-refractivity contribution in [3.8, 4) is 5.75 Å². The summed E-state index contributed by atoms with van der Waals surface area (Å²) in [5, 5.41) is 7.64. The Morgan fingerprint density at radius 1 is 1.38 bits per heavy atom. The molecule has 4 N–H and O–H groups in total. The largest absolute Gasteiger partial charge is 0.495 e. The fourth-order valence-electron chi connectivity index (χ4n) is 1.65. The molecule has 1 aromatic heterocycles. The van der Waals surface area contributed by atoms with Gasteiger partial charge >= 0.3 is 0 Å². The molecule has 0 radical (unpaired) electrons. The van der Waals surface area contributed by atoms with Crippen LogP contribution in [0.25, 0.3) is 0 Å². The van der Waals surface area contributed by atoms with E-state index in [9.17, 15) is 13.2 Å². The summed E-state index contributed by atoms with van der Waals surface area (Å²) < 4.78 is 28.5. The van der Waals surface area contributed by atoms with Crippen molar-refractivity contribution in [1.29, 1.82) is 0 Å². The lowest BCUT2D eigenvalue weighted by molar-refractivity contribution is 0.102. The molecular weight excluding hydrogens is 362 g/mol. The number of hydrogen-bond donors (Lipinski definition) is 3. The van der Waals surface area contributed by atoms with Gasteiger partial charge in [-0.05, 0) is 40.2 Å². The number of sulfonamides is 1. The molecule has 0 saturated heterocycles. The number of aromatic amines is 1. The summed E-state index contributed by atoms with van der Waals surface area (Å²) in [7, 11) is -2.46. The minimum atomic E-state index is -3.87. The van der Waals surface area contributed by atoms with Gasteiger partial charge in [-0.2, -0.15) is 0 Å². The molecule has 21 heavy (non-hydrogen) atoms. The van der Waals surface area contributed by atoms with Crippen LogP contribution in [0.5, 0.6) is 5.75 Å². The molecule has 0 atom stereocenters. The van der Waals surface area contributed by atoms with E-state index >= 15 is 0 Å². The second-order valence-corrected chi connectivity index (χ2v) is 6.57. The summed E-state index contributed by atoms with van der Waals surface area (Å²) in [5.41, 5.74) is 0.518. The molecule has 9 heteroatoms. The first-order valence-corrected chi connectivity index (χ1v) is 8.01. The number of H-pyrrole nitrogens is 1. The van der Waals surface area contributed by atoms with Crippen molar-refractivity contribution in [3.05, 3.63) is 40.6 Å². The molecule has 0 unspecified atom stereocenters. The predicted octanol–water partition coefficient (Wildman–Crippen LogP) is 1.69. The van der Waals surface area contributed by atoms with Gasteiger partial charge in [-0.15, -0.1) is 0 Å². The van der Waals surface area contributed by atoms with Crippen LogP contribution in [0.4, 0.5) is 5.69 Å². The van der Waals surface area contributed by atoms with E-state index in [4.69, 9.17) is 9.88 Å². The summed E-state index contributed by atoms with van der Waals surface area (Å²) in [5.74, 6) is -0.119. The van der Waals surface area contributed by atoms with Gasteiger partial charge in [-0.25, -0.2) is 13.6 Å². The molecule has 0 spiro atoms. The number of carbonyl (C=O) groups is 1. The molecule has 2 rings (SSSR count). The molecule has 7 nitrogen and oxygen atoms in total. The van der Waals surface area contributed by atoms with Crippen molar-refractivity contribution >= 4 is 37.5 Å². The lowest BCUT2D eigenvalue weighted by Gasteiger charge is -2.11. The van der Waals surface area contributed by atoms with Gasteiger partial charge in [0.15, 0.2) is 0 Å². The quantitative estimate of drug-likeness (QED) is 0.756. The van der Waals surface area contributed by atoms with Gasteiger partial charge in [0.2, 0.25) is 10.0 Å². The van der Waals surface area contributed by atoms with E-state index in [-0.39, 0.29) is 10.6 Å². The van der Waals surface area contributed by atoms with Crippen LogP contribution in [-0.2, 0) is 10.0 Å². The zero-order valence-electron chi connectivity index (χ0n) is 10.9. The van der Waals surface area contributed by atoms with Gasteiger partial charge in [-0.3, -0.25) is 4.79 Å². The van der Waals surface area contributed by atoms with Crippen LogP contribution >= 0.6 is 15.9 Å². The minimum Gasteiger partial charge on any atom is -0.495 e. The number of aromatic nitrogens is 1. The molecule has 0 bridgehead atoms. The lowest BCUT2D eigenvalue weighted by Crippen LogP contribution is -2.15. The van der Waals surface area contributed by atoms with Gasteiger partial charge < -0.3 is 15.0 Å². The van der Waals surface area contributed by atoms with Crippen LogP contribution in [0.1, 0.15) is 10.5 Å². The Kier molecular flexibility index (Phi) is 4.35. The van der Waals surface area contributed by atoms with Gasteiger partial charge in [0, 0.05) is 10.7 Å².